The highest BCUT2D eigenvalue weighted by molar-refractivity contribution is 4.99. The molecule has 9 nitrogen and oxygen atoms in total. The normalized spacial score (nSPS) is 10.4. The molecule has 46 heavy (non-hydrogen) atoms. The van der Waals surface area contributed by atoms with E-state index >= 15 is 0 Å². The molecule has 2 heterocycles. The highest BCUT2D eigenvalue weighted by Crippen LogP contribution is 2.15. The van der Waals surface area contributed by atoms with Crippen molar-refractivity contribution >= 4 is 0 Å². The predicted octanol–water partition coefficient (Wildman–Crippen LogP) is 8.87. The molecule has 1 aromatic carbocycles. The molecule has 4 rings (SSSR count). The number of hydrogen-bond donors (Lipinski definition) is 0. The summed E-state index contributed by atoms with van der Waals surface area (Å²) in [7, 11) is 3.97. The molecule has 0 spiro atoms. The first kappa shape index (κ1) is 55.1. The van der Waals surface area contributed by atoms with Crippen LogP contribution in [0.15, 0.2) is 50.8 Å². The average molecular weight is 651 g/mol. The summed E-state index contributed by atoms with van der Waals surface area (Å²) in [6, 6.07) is 12.0. The van der Waals surface area contributed by atoms with E-state index in [0.717, 1.165) is 43.0 Å². The van der Waals surface area contributed by atoms with E-state index in [-0.39, 0.29) is 22.3 Å². The lowest BCUT2D eigenvalue weighted by molar-refractivity contribution is 0.457. The van der Waals surface area contributed by atoms with E-state index in [0.29, 0.717) is 0 Å². The minimum atomic E-state index is -0.608. The molecule has 0 radical (unpaired) electrons. The number of nitrogens with zero attached hydrogens (tertiary/aromatic N) is 6. The van der Waals surface area contributed by atoms with Crippen LogP contribution in [0.2, 0.25) is 0 Å². The predicted molar refractivity (Wildman–Crippen MR) is 203 cm³/mol. The lowest BCUT2D eigenvalue weighted by Crippen LogP contribution is -2.51. The molecule has 1 saturated carbocycles. The molecular formula is C37H74N6O3. The van der Waals surface area contributed by atoms with Gasteiger partial charge in [-0.05, 0) is 32.6 Å². The summed E-state index contributed by atoms with van der Waals surface area (Å²) in [5, 5.41) is 0. The Morgan fingerprint density at radius 2 is 0.609 bits per heavy atom. The Morgan fingerprint density at radius 1 is 0.457 bits per heavy atom. The minimum absolute atomic E-state index is 0. The molecule has 0 atom stereocenters. The standard InChI is InChI=1S/C6H9N3O3.C6H9N3.C6H12.C6H6.C6H14.2C2H6.3CH4/c1-7-4(10)8(2)6(12)9(3)5(7)11;1-4-7-5(2)9-6(3)8-4;2*1-2-4-6-5-3-1;1-5(2)6(3)4;2*1-2;;;/h1-3H3;1-3H3;1-6H2;1-6H;5-6H,1-4H3;2*1-2H3;3*1H4. The molecule has 0 amide bonds. The Labute approximate surface area is 283 Å². The Kier molecular flexibility index (Phi) is 41.3. The van der Waals surface area contributed by atoms with Crippen LogP contribution in [0.4, 0.5) is 0 Å². The molecule has 9 heteroatoms. The number of benzene rings is 1. The van der Waals surface area contributed by atoms with E-state index in [2.05, 4.69) is 42.6 Å². The molecule has 1 aliphatic rings. The van der Waals surface area contributed by atoms with Gasteiger partial charge in [-0.1, -0.05) is 153 Å². The van der Waals surface area contributed by atoms with Gasteiger partial charge in [0.15, 0.2) is 0 Å². The third kappa shape index (κ3) is 27.0. The van der Waals surface area contributed by atoms with E-state index < -0.39 is 17.1 Å². The van der Waals surface area contributed by atoms with Crippen molar-refractivity contribution in [2.45, 2.75) is 137 Å². The van der Waals surface area contributed by atoms with Crippen LogP contribution >= 0.6 is 0 Å². The molecule has 0 bridgehead atoms. The molecule has 0 saturated heterocycles. The Balaban J connectivity index is -0.000000107. The maximum absolute atomic E-state index is 11.1. The van der Waals surface area contributed by atoms with Gasteiger partial charge in [0.2, 0.25) is 0 Å². The van der Waals surface area contributed by atoms with Crippen molar-refractivity contribution in [2.24, 2.45) is 33.0 Å². The topological polar surface area (TPSA) is 105 Å². The van der Waals surface area contributed by atoms with Gasteiger partial charge in [0.25, 0.3) is 0 Å². The van der Waals surface area contributed by atoms with Gasteiger partial charge in [0, 0.05) is 21.1 Å². The summed E-state index contributed by atoms with van der Waals surface area (Å²) >= 11 is 0. The molecule has 3 aromatic rings. The van der Waals surface area contributed by atoms with Crippen LogP contribution in [0.3, 0.4) is 0 Å². The fourth-order valence-electron chi connectivity index (χ4n) is 3.14. The van der Waals surface area contributed by atoms with Crippen LogP contribution in [0.1, 0.15) is 134 Å². The maximum atomic E-state index is 11.1. The highest BCUT2D eigenvalue weighted by atomic mass is 16.2. The fourth-order valence-corrected chi connectivity index (χ4v) is 3.14. The van der Waals surface area contributed by atoms with Crippen LogP contribution in [0.5, 0.6) is 0 Å². The lowest BCUT2D eigenvalue weighted by atomic mass is 10.0. The van der Waals surface area contributed by atoms with E-state index in [1.165, 1.54) is 59.7 Å². The molecular weight excluding hydrogens is 576 g/mol. The van der Waals surface area contributed by atoms with Crippen molar-refractivity contribution in [3.05, 3.63) is 85.3 Å². The smallest absolute Gasteiger partial charge is 0.248 e. The SMILES string of the molecule is C.C.C.C1CCCCC1.CC.CC.CC(C)C(C)C.Cc1nc(C)nc(C)n1.Cn1c(=O)n(C)c(=O)n(C)c1=O.c1ccccc1. The third-order valence-corrected chi connectivity index (χ3v) is 6.19. The summed E-state index contributed by atoms with van der Waals surface area (Å²) in [5.74, 6) is 4.08. The van der Waals surface area contributed by atoms with E-state index in [4.69, 9.17) is 0 Å². The lowest BCUT2D eigenvalue weighted by Gasteiger charge is -2.05. The largest absolute Gasteiger partial charge is 0.335 e. The molecule has 0 N–H and O–H groups in total. The van der Waals surface area contributed by atoms with Crippen molar-refractivity contribution in [1.29, 1.82) is 0 Å². The van der Waals surface area contributed by atoms with E-state index in [1.54, 1.807) is 0 Å². The Hall–Kier alpha value is -3.36. The zero-order valence-corrected chi connectivity index (χ0v) is 29.8. The quantitative estimate of drug-likeness (QED) is 0.261. The van der Waals surface area contributed by atoms with E-state index in [1.807, 2.05) is 84.9 Å². The number of hydrogen-bond acceptors (Lipinski definition) is 6. The molecule has 2 aromatic heterocycles. The van der Waals surface area contributed by atoms with Crippen LogP contribution in [0, 0.1) is 32.6 Å². The van der Waals surface area contributed by atoms with Gasteiger partial charge in [0.05, 0.1) is 0 Å². The monoisotopic (exact) mass is 651 g/mol. The van der Waals surface area contributed by atoms with Crippen LogP contribution < -0.4 is 17.1 Å². The highest BCUT2D eigenvalue weighted by Gasteiger charge is 2.05. The van der Waals surface area contributed by atoms with Gasteiger partial charge in [-0.2, -0.15) is 0 Å². The Bertz CT molecular complexity index is 1050. The minimum Gasteiger partial charge on any atom is -0.248 e. The van der Waals surface area contributed by atoms with Crippen molar-refractivity contribution < 1.29 is 0 Å². The summed E-state index contributed by atoms with van der Waals surface area (Å²) in [6.45, 7) is 22.6. The van der Waals surface area contributed by atoms with Crippen molar-refractivity contribution in [2.75, 3.05) is 0 Å². The summed E-state index contributed by atoms with van der Waals surface area (Å²) in [4.78, 5) is 45.3. The van der Waals surface area contributed by atoms with Gasteiger partial charge in [-0.15, -0.1) is 0 Å². The summed E-state index contributed by atoms with van der Waals surface area (Å²) < 4.78 is 2.63. The van der Waals surface area contributed by atoms with Crippen LogP contribution in [-0.2, 0) is 21.1 Å². The molecule has 0 aliphatic heterocycles. The zero-order valence-electron chi connectivity index (χ0n) is 29.8. The zero-order chi connectivity index (χ0) is 34.0. The Morgan fingerprint density at radius 3 is 0.739 bits per heavy atom. The maximum Gasteiger partial charge on any atom is 0.335 e. The van der Waals surface area contributed by atoms with Gasteiger partial charge in [0.1, 0.15) is 17.5 Å². The first-order valence-corrected chi connectivity index (χ1v) is 15.8. The summed E-state index contributed by atoms with van der Waals surface area (Å²) in [5.41, 5.74) is -1.82. The first-order valence-electron chi connectivity index (χ1n) is 15.8. The van der Waals surface area contributed by atoms with Gasteiger partial charge in [-0.3, -0.25) is 0 Å². The molecule has 1 fully saturated rings. The molecule has 0 unspecified atom stereocenters. The number of aromatic nitrogens is 6. The van der Waals surface area contributed by atoms with E-state index in [9.17, 15) is 14.4 Å². The van der Waals surface area contributed by atoms with Crippen molar-refractivity contribution in [1.82, 2.24) is 28.7 Å². The second-order valence-electron chi connectivity index (χ2n) is 10.3. The third-order valence-electron chi connectivity index (χ3n) is 6.19. The summed E-state index contributed by atoms with van der Waals surface area (Å²) in [6.07, 6.45) is 9.00. The molecule has 270 valence electrons. The number of aryl methyl sites for hydroxylation is 3. The first-order chi connectivity index (χ1) is 20.3. The second kappa shape index (κ2) is 34.5. The van der Waals surface area contributed by atoms with Gasteiger partial charge in [-0.25, -0.2) is 43.0 Å². The second-order valence-corrected chi connectivity index (χ2v) is 10.3. The van der Waals surface area contributed by atoms with Crippen molar-refractivity contribution in [3.63, 3.8) is 0 Å². The fraction of sp³-hybridized carbons (Fsp3) is 0.676. The number of rotatable bonds is 1. The van der Waals surface area contributed by atoms with Crippen molar-refractivity contribution in [3.8, 4) is 0 Å². The molecule has 1 aliphatic carbocycles. The average Bonchev–Trinajstić information content (AvgIpc) is 3.02. The van der Waals surface area contributed by atoms with Crippen LogP contribution in [0.25, 0.3) is 0 Å². The van der Waals surface area contributed by atoms with Gasteiger partial charge >= 0.3 is 17.1 Å². The van der Waals surface area contributed by atoms with Crippen LogP contribution in [-0.4, -0.2) is 28.7 Å². The van der Waals surface area contributed by atoms with Gasteiger partial charge < -0.3 is 0 Å².